The largest absolute Gasteiger partial charge is 0.372 e. The fourth-order valence-electron chi connectivity index (χ4n) is 3.63. The number of fused-ring (bicyclic) bond motifs is 1. The van der Waals surface area contributed by atoms with Gasteiger partial charge in [0, 0.05) is 39.1 Å². The summed E-state index contributed by atoms with van der Waals surface area (Å²) in [5.74, 6) is 0.609. The zero-order chi connectivity index (χ0) is 16.0. The lowest BCUT2D eigenvalue weighted by Crippen LogP contribution is -2.43. The van der Waals surface area contributed by atoms with Crippen LogP contribution in [0.3, 0.4) is 0 Å². The number of rotatable bonds is 3. The second-order valence-corrected chi connectivity index (χ2v) is 6.68. The minimum Gasteiger partial charge on any atom is -0.372 e. The summed E-state index contributed by atoms with van der Waals surface area (Å²) in [5.41, 5.74) is 0. The number of carbonyl (C=O) groups is 2. The lowest BCUT2D eigenvalue weighted by molar-refractivity contribution is -0.137. The number of hydrogen-bond donors (Lipinski definition) is 0. The molecule has 3 fully saturated rings. The van der Waals surface area contributed by atoms with Crippen LogP contribution >= 0.6 is 0 Å². The van der Waals surface area contributed by atoms with Gasteiger partial charge in [0.25, 0.3) is 5.91 Å². The van der Waals surface area contributed by atoms with E-state index < -0.39 is 0 Å². The van der Waals surface area contributed by atoms with Gasteiger partial charge < -0.3 is 14.5 Å². The quantitative estimate of drug-likeness (QED) is 0.762. The molecule has 124 valence electrons. The first-order valence-electron chi connectivity index (χ1n) is 8.18. The molecule has 0 radical (unpaired) electrons. The van der Waals surface area contributed by atoms with Crippen molar-refractivity contribution in [2.24, 2.45) is 13.0 Å². The number of amides is 2. The van der Waals surface area contributed by atoms with Crippen molar-refractivity contribution in [3.05, 3.63) is 12.2 Å². The molecular weight excluding hydrogens is 298 g/mol. The van der Waals surface area contributed by atoms with E-state index in [-0.39, 0.29) is 29.8 Å². The van der Waals surface area contributed by atoms with Crippen LogP contribution in [0.5, 0.6) is 0 Å². The van der Waals surface area contributed by atoms with Gasteiger partial charge in [-0.15, -0.1) is 5.10 Å². The van der Waals surface area contributed by atoms with Crippen molar-refractivity contribution < 1.29 is 14.3 Å². The maximum absolute atomic E-state index is 12.4. The van der Waals surface area contributed by atoms with Gasteiger partial charge in [-0.1, -0.05) is 0 Å². The van der Waals surface area contributed by atoms with E-state index in [0.29, 0.717) is 25.4 Å². The summed E-state index contributed by atoms with van der Waals surface area (Å²) in [6.07, 6.45) is 4.01. The average Bonchev–Trinajstić information content (AvgIpc) is 3.10. The van der Waals surface area contributed by atoms with Gasteiger partial charge in [-0.05, 0) is 12.8 Å². The van der Waals surface area contributed by atoms with Crippen LogP contribution in [-0.4, -0.2) is 74.8 Å². The molecule has 8 heteroatoms. The van der Waals surface area contributed by atoms with E-state index in [2.05, 4.69) is 10.1 Å². The molecule has 3 saturated heterocycles. The van der Waals surface area contributed by atoms with E-state index >= 15 is 0 Å². The second kappa shape index (κ2) is 5.59. The van der Waals surface area contributed by atoms with Crippen LogP contribution in [0, 0.1) is 5.92 Å². The van der Waals surface area contributed by atoms with E-state index in [0.717, 1.165) is 25.9 Å². The molecule has 0 aromatic carbocycles. The molecule has 3 aliphatic heterocycles. The Morgan fingerprint density at radius 1 is 1.30 bits per heavy atom. The molecule has 3 atom stereocenters. The Labute approximate surface area is 134 Å². The predicted molar refractivity (Wildman–Crippen MR) is 79.5 cm³/mol. The average molecular weight is 319 g/mol. The van der Waals surface area contributed by atoms with Gasteiger partial charge in [-0.2, -0.15) is 0 Å². The molecule has 1 aromatic rings. The summed E-state index contributed by atoms with van der Waals surface area (Å²) >= 11 is 0. The van der Waals surface area contributed by atoms with E-state index in [4.69, 9.17) is 4.74 Å². The van der Waals surface area contributed by atoms with Crippen LogP contribution in [0.2, 0.25) is 0 Å². The minimum atomic E-state index is -0.142. The highest BCUT2D eigenvalue weighted by molar-refractivity contribution is 5.90. The molecule has 8 nitrogen and oxygen atoms in total. The maximum atomic E-state index is 12.4. The zero-order valence-electron chi connectivity index (χ0n) is 13.2. The van der Waals surface area contributed by atoms with Gasteiger partial charge in [-0.25, -0.2) is 4.98 Å². The Hall–Kier alpha value is -1.96. The third-order valence-electron chi connectivity index (χ3n) is 5.00. The van der Waals surface area contributed by atoms with Gasteiger partial charge >= 0.3 is 0 Å². The van der Waals surface area contributed by atoms with E-state index in [1.54, 1.807) is 11.9 Å². The molecule has 23 heavy (non-hydrogen) atoms. The SMILES string of the molecule is Cn1cnc(C(=O)N2C[C@@H]3C[C@@H](CC(=O)N4CCC4)O[C@@H]3C2)n1. The molecule has 0 bridgehead atoms. The van der Waals surface area contributed by atoms with Crippen molar-refractivity contribution in [1.29, 1.82) is 0 Å². The third-order valence-corrected chi connectivity index (χ3v) is 5.00. The van der Waals surface area contributed by atoms with Crippen LogP contribution in [0.15, 0.2) is 6.33 Å². The molecule has 1 aromatic heterocycles. The molecule has 2 amide bonds. The first kappa shape index (κ1) is 14.6. The summed E-state index contributed by atoms with van der Waals surface area (Å²) in [6.45, 7) is 3.00. The van der Waals surface area contributed by atoms with Gasteiger partial charge in [0.1, 0.15) is 6.33 Å². The van der Waals surface area contributed by atoms with Crippen molar-refractivity contribution in [1.82, 2.24) is 24.6 Å². The summed E-state index contributed by atoms with van der Waals surface area (Å²) in [6, 6.07) is 0. The highest BCUT2D eigenvalue weighted by atomic mass is 16.5. The highest BCUT2D eigenvalue weighted by Gasteiger charge is 2.44. The number of carbonyl (C=O) groups excluding carboxylic acids is 2. The maximum Gasteiger partial charge on any atom is 0.293 e. The fourth-order valence-corrected chi connectivity index (χ4v) is 3.63. The van der Waals surface area contributed by atoms with Crippen LogP contribution in [0.4, 0.5) is 0 Å². The predicted octanol–water partition coefficient (Wildman–Crippen LogP) is -0.333. The molecule has 0 saturated carbocycles. The van der Waals surface area contributed by atoms with Gasteiger partial charge in [-0.3, -0.25) is 14.3 Å². The van der Waals surface area contributed by atoms with Gasteiger partial charge in [0.05, 0.1) is 18.6 Å². The molecule has 3 aliphatic rings. The molecular formula is C15H21N5O3. The Morgan fingerprint density at radius 3 is 2.74 bits per heavy atom. The van der Waals surface area contributed by atoms with Gasteiger partial charge in [0.2, 0.25) is 11.7 Å². The standard InChI is InChI=1S/C15H21N5O3/c1-18-9-16-14(17-18)15(22)20-7-10-5-11(23-12(10)8-20)6-13(21)19-3-2-4-19/h9-12H,2-8H2,1H3/t10-,11-,12+/m0/s1. The van der Waals surface area contributed by atoms with E-state index in [9.17, 15) is 9.59 Å². The van der Waals surface area contributed by atoms with Gasteiger partial charge in [0.15, 0.2) is 0 Å². The molecule has 4 rings (SSSR count). The van der Waals surface area contributed by atoms with Crippen molar-refractivity contribution >= 4 is 11.8 Å². The third kappa shape index (κ3) is 2.71. The monoisotopic (exact) mass is 319 g/mol. The Morgan fingerprint density at radius 2 is 2.13 bits per heavy atom. The number of aryl methyl sites for hydroxylation is 1. The van der Waals surface area contributed by atoms with Crippen LogP contribution in [0.1, 0.15) is 29.9 Å². The first-order valence-corrected chi connectivity index (χ1v) is 8.18. The minimum absolute atomic E-state index is 0.00308. The number of hydrogen-bond acceptors (Lipinski definition) is 5. The van der Waals surface area contributed by atoms with Crippen molar-refractivity contribution in [3.63, 3.8) is 0 Å². The normalized spacial score (nSPS) is 29.5. The zero-order valence-corrected chi connectivity index (χ0v) is 13.2. The fraction of sp³-hybridized carbons (Fsp3) is 0.733. The van der Waals surface area contributed by atoms with E-state index in [1.807, 2.05) is 4.90 Å². The molecule has 0 unspecified atom stereocenters. The Kier molecular flexibility index (Phi) is 3.56. The molecule has 0 aliphatic carbocycles. The summed E-state index contributed by atoms with van der Waals surface area (Å²) in [4.78, 5) is 32.0. The van der Waals surface area contributed by atoms with Crippen LogP contribution in [0.25, 0.3) is 0 Å². The number of nitrogens with zero attached hydrogens (tertiary/aromatic N) is 5. The lowest BCUT2D eigenvalue weighted by atomic mass is 10.0. The Bertz CT molecular complexity index is 612. The lowest BCUT2D eigenvalue weighted by Gasteiger charge is -2.31. The number of aromatic nitrogens is 3. The molecule has 4 heterocycles. The van der Waals surface area contributed by atoms with Crippen molar-refractivity contribution in [3.8, 4) is 0 Å². The molecule has 0 spiro atoms. The smallest absolute Gasteiger partial charge is 0.293 e. The highest BCUT2D eigenvalue weighted by Crippen LogP contribution is 2.35. The van der Waals surface area contributed by atoms with Crippen LogP contribution < -0.4 is 0 Å². The summed E-state index contributed by atoms with van der Waals surface area (Å²) in [7, 11) is 1.74. The Balaban J connectivity index is 1.31. The number of ether oxygens (including phenoxy) is 1. The first-order chi connectivity index (χ1) is 11.1. The van der Waals surface area contributed by atoms with Crippen LogP contribution in [-0.2, 0) is 16.6 Å². The topological polar surface area (TPSA) is 80.6 Å². The van der Waals surface area contributed by atoms with E-state index in [1.165, 1.54) is 11.0 Å². The second-order valence-electron chi connectivity index (χ2n) is 6.68. The summed E-state index contributed by atoms with van der Waals surface area (Å²) in [5, 5.41) is 4.06. The molecule has 0 N–H and O–H groups in total. The van der Waals surface area contributed by atoms with Crippen molar-refractivity contribution in [2.45, 2.75) is 31.5 Å². The van der Waals surface area contributed by atoms with Crippen molar-refractivity contribution in [2.75, 3.05) is 26.2 Å². The summed E-state index contributed by atoms with van der Waals surface area (Å²) < 4.78 is 7.53. The number of likely N-dealkylation sites (tertiary alicyclic amines) is 2.